The average molecular weight is 331 g/mol. The number of ether oxygens (including phenoxy) is 1. The summed E-state index contributed by atoms with van der Waals surface area (Å²) < 4.78 is 6.39. The molecule has 19 heavy (non-hydrogen) atoms. The third kappa shape index (κ3) is 4.96. The predicted molar refractivity (Wildman–Crippen MR) is 81.3 cm³/mol. The van der Waals surface area contributed by atoms with Crippen molar-refractivity contribution < 1.29 is 9.53 Å². The number of methoxy groups -OCH3 is 1. The van der Waals surface area contributed by atoms with E-state index in [1.807, 2.05) is 0 Å². The first-order valence-electron chi connectivity index (χ1n) is 7.33. The molecule has 0 saturated heterocycles. The summed E-state index contributed by atoms with van der Waals surface area (Å²) in [5, 5.41) is 1.26. The predicted octanol–water partition coefficient (Wildman–Crippen LogP) is 4.18. The second kappa shape index (κ2) is 7.50. The molecule has 2 nitrogen and oxygen atoms in total. The molecule has 3 heteroatoms. The second-order valence-corrected chi connectivity index (χ2v) is 8.90. The molecule has 0 bridgehead atoms. The molecule has 1 aliphatic rings. The Balaban J connectivity index is 2.82. The third-order valence-corrected chi connectivity index (χ3v) is 6.57. The number of allylic oxidation sites excluding steroid dienone is 1. The molecule has 0 saturated carbocycles. The molecule has 0 fully saturated rings. The first-order chi connectivity index (χ1) is 8.90. The van der Waals surface area contributed by atoms with E-state index < -0.39 is 0 Å². The van der Waals surface area contributed by atoms with Gasteiger partial charge in [0.25, 0.3) is 0 Å². The van der Waals surface area contributed by atoms with Gasteiger partial charge in [-0.3, -0.25) is 0 Å². The summed E-state index contributed by atoms with van der Waals surface area (Å²) in [5.41, 5.74) is 1.34. The molecule has 0 aliphatic heterocycles. The molecular weight excluding hydrogens is 303 g/mol. The summed E-state index contributed by atoms with van der Waals surface area (Å²) in [5.74, 6) is 0.625. The van der Waals surface area contributed by atoms with Crippen molar-refractivity contribution in [3.63, 3.8) is 0 Å². The van der Waals surface area contributed by atoms with E-state index in [2.05, 4.69) is 27.7 Å². The Morgan fingerprint density at radius 2 is 2.11 bits per heavy atom. The summed E-state index contributed by atoms with van der Waals surface area (Å²) >= 11 is 0.476. The van der Waals surface area contributed by atoms with Crippen LogP contribution >= 0.6 is 0 Å². The number of carbonyl (C=O) groups excluding carboxylic acids is 1. The van der Waals surface area contributed by atoms with Crippen LogP contribution in [0, 0.1) is 11.3 Å². The Hall–Kier alpha value is -0.271. The molecule has 0 aromatic carbocycles. The zero-order chi connectivity index (χ0) is 14.5. The summed E-state index contributed by atoms with van der Waals surface area (Å²) in [7, 11) is 1.50. The summed E-state index contributed by atoms with van der Waals surface area (Å²) in [6.45, 7) is 9.18. The molecule has 0 radical (unpaired) electrons. The molecule has 0 heterocycles. The molecule has 1 rings (SSSR count). The maximum atomic E-state index is 11.9. The number of hydrogen-bond acceptors (Lipinski definition) is 2. The molecule has 0 N–H and O–H groups in total. The van der Waals surface area contributed by atoms with Crippen LogP contribution in [-0.2, 0) is 9.53 Å². The minimum absolute atomic E-state index is 0.0827. The Morgan fingerprint density at radius 3 is 2.63 bits per heavy atom. The fraction of sp³-hybridized carbons (Fsp3) is 0.812. The zero-order valence-electron chi connectivity index (χ0n) is 13.0. The molecule has 1 aliphatic carbocycles. The Morgan fingerprint density at radius 1 is 1.42 bits per heavy atom. The van der Waals surface area contributed by atoms with Crippen molar-refractivity contribution in [1.82, 2.24) is 0 Å². The van der Waals surface area contributed by atoms with Crippen LogP contribution in [0.15, 0.2) is 10.0 Å². The van der Waals surface area contributed by atoms with Gasteiger partial charge < -0.3 is 0 Å². The van der Waals surface area contributed by atoms with E-state index in [9.17, 15) is 4.79 Å². The van der Waals surface area contributed by atoms with E-state index in [1.165, 1.54) is 29.7 Å². The van der Waals surface area contributed by atoms with Crippen molar-refractivity contribution in [1.29, 1.82) is 0 Å². The van der Waals surface area contributed by atoms with Gasteiger partial charge in [-0.1, -0.05) is 0 Å². The second-order valence-electron chi connectivity index (χ2n) is 6.40. The number of hydrogen-bond donors (Lipinski definition) is 0. The SMILES string of the molecule is CCCC[Se]C1=C(C(=O)OC)CCC(C(C)(C)C)C1. The molecule has 110 valence electrons. The van der Waals surface area contributed by atoms with Crippen LogP contribution in [0.1, 0.15) is 59.8 Å². The van der Waals surface area contributed by atoms with Gasteiger partial charge in [0.1, 0.15) is 0 Å². The topological polar surface area (TPSA) is 26.3 Å². The molecular formula is C16H28O2Se. The third-order valence-electron chi connectivity index (χ3n) is 3.94. The van der Waals surface area contributed by atoms with Gasteiger partial charge in [-0.05, 0) is 0 Å². The molecule has 0 spiro atoms. The van der Waals surface area contributed by atoms with Crippen LogP contribution in [0.4, 0.5) is 0 Å². The molecule has 1 unspecified atom stereocenters. The Bertz CT molecular complexity index is 339. The minimum atomic E-state index is -0.0827. The van der Waals surface area contributed by atoms with Gasteiger partial charge in [-0.25, -0.2) is 0 Å². The fourth-order valence-corrected chi connectivity index (χ4v) is 5.32. The number of esters is 1. The van der Waals surface area contributed by atoms with Gasteiger partial charge in [0.15, 0.2) is 0 Å². The first kappa shape index (κ1) is 16.8. The Labute approximate surface area is 124 Å². The maximum absolute atomic E-state index is 11.9. The van der Waals surface area contributed by atoms with Crippen LogP contribution in [0.25, 0.3) is 0 Å². The van der Waals surface area contributed by atoms with Crippen molar-refractivity contribution in [2.45, 2.75) is 65.1 Å². The van der Waals surface area contributed by atoms with E-state index in [-0.39, 0.29) is 5.97 Å². The standard InChI is InChI=1S/C16H28O2Se/c1-6-7-10-19-14-11-12(16(2,3)4)8-9-13(14)15(17)18-5/h12H,6-11H2,1-5H3. The van der Waals surface area contributed by atoms with Crippen LogP contribution in [-0.4, -0.2) is 28.0 Å². The van der Waals surface area contributed by atoms with Crippen LogP contribution < -0.4 is 0 Å². The number of carbonyl (C=O) groups is 1. The molecule has 1 atom stereocenters. The van der Waals surface area contributed by atoms with Crippen molar-refractivity contribution in [3.8, 4) is 0 Å². The number of unbranched alkanes of at least 4 members (excludes halogenated alkanes) is 1. The quantitative estimate of drug-likeness (QED) is 0.429. The Kier molecular flexibility index (Phi) is 6.62. The van der Waals surface area contributed by atoms with E-state index in [4.69, 9.17) is 4.74 Å². The van der Waals surface area contributed by atoms with Gasteiger partial charge in [-0.2, -0.15) is 0 Å². The van der Waals surface area contributed by atoms with Crippen molar-refractivity contribution >= 4 is 20.9 Å². The van der Waals surface area contributed by atoms with Crippen LogP contribution in [0.3, 0.4) is 0 Å². The molecule has 0 aromatic heterocycles. The van der Waals surface area contributed by atoms with Gasteiger partial charge in [0.05, 0.1) is 0 Å². The van der Waals surface area contributed by atoms with Crippen molar-refractivity contribution in [3.05, 3.63) is 10.0 Å². The van der Waals surface area contributed by atoms with Crippen molar-refractivity contribution in [2.24, 2.45) is 11.3 Å². The summed E-state index contributed by atoms with van der Waals surface area (Å²) in [4.78, 5) is 11.9. The summed E-state index contributed by atoms with van der Waals surface area (Å²) in [6.07, 6.45) is 5.67. The monoisotopic (exact) mass is 332 g/mol. The normalized spacial score (nSPS) is 20.6. The van der Waals surface area contributed by atoms with E-state index in [1.54, 1.807) is 0 Å². The number of rotatable bonds is 5. The van der Waals surface area contributed by atoms with Gasteiger partial charge >= 0.3 is 124 Å². The van der Waals surface area contributed by atoms with E-state index in [0.717, 1.165) is 24.8 Å². The van der Waals surface area contributed by atoms with E-state index >= 15 is 0 Å². The van der Waals surface area contributed by atoms with Gasteiger partial charge in [0.2, 0.25) is 0 Å². The molecule has 0 amide bonds. The zero-order valence-corrected chi connectivity index (χ0v) is 14.8. The van der Waals surface area contributed by atoms with Crippen LogP contribution in [0.5, 0.6) is 0 Å². The fourth-order valence-electron chi connectivity index (χ4n) is 2.47. The molecule has 0 aromatic rings. The van der Waals surface area contributed by atoms with Gasteiger partial charge in [-0.15, -0.1) is 0 Å². The van der Waals surface area contributed by atoms with Gasteiger partial charge in [0, 0.05) is 0 Å². The first-order valence-corrected chi connectivity index (χ1v) is 9.40. The summed E-state index contributed by atoms with van der Waals surface area (Å²) in [6, 6.07) is 0. The van der Waals surface area contributed by atoms with Crippen LogP contribution in [0.2, 0.25) is 5.32 Å². The average Bonchev–Trinajstić information content (AvgIpc) is 2.37. The van der Waals surface area contributed by atoms with Crippen molar-refractivity contribution in [2.75, 3.05) is 7.11 Å². The van der Waals surface area contributed by atoms with E-state index in [0.29, 0.717) is 26.3 Å².